The summed E-state index contributed by atoms with van der Waals surface area (Å²) in [7, 11) is 0. The van der Waals surface area contributed by atoms with E-state index in [1.165, 1.54) is 5.56 Å². The molecule has 0 aliphatic carbocycles. The van der Waals surface area contributed by atoms with E-state index in [4.69, 9.17) is 5.11 Å². The Kier molecular flexibility index (Phi) is 8.51. The van der Waals surface area contributed by atoms with E-state index < -0.39 is 5.97 Å². The number of aliphatic carboxylic acids is 1. The second-order valence-corrected chi connectivity index (χ2v) is 5.42. The second kappa shape index (κ2) is 9.31. The van der Waals surface area contributed by atoms with Crippen LogP contribution in [-0.2, 0) is 15.0 Å². The first-order valence-corrected chi connectivity index (χ1v) is 6.59. The van der Waals surface area contributed by atoms with Gasteiger partial charge in [-0.05, 0) is 23.8 Å². The highest BCUT2D eigenvalue weighted by Crippen LogP contribution is 2.20. The van der Waals surface area contributed by atoms with Gasteiger partial charge in [-0.15, -0.1) is 0 Å². The van der Waals surface area contributed by atoms with E-state index in [-0.39, 0.29) is 6.42 Å². The molecule has 19 heavy (non-hydrogen) atoms. The van der Waals surface area contributed by atoms with Crippen molar-refractivity contribution in [1.29, 1.82) is 0 Å². The third kappa shape index (κ3) is 10.0. The SMILES string of the molecule is CC(C)(C)c1ccccc1.O=CCCCCC(=O)O. The Labute approximate surface area is 115 Å². The monoisotopic (exact) mass is 264 g/mol. The van der Waals surface area contributed by atoms with Gasteiger partial charge >= 0.3 is 5.97 Å². The van der Waals surface area contributed by atoms with Crippen LogP contribution in [0.15, 0.2) is 30.3 Å². The molecular weight excluding hydrogens is 240 g/mol. The summed E-state index contributed by atoms with van der Waals surface area (Å²) in [4.78, 5) is 19.6. The van der Waals surface area contributed by atoms with Crippen LogP contribution in [0.1, 0.15) is 52.0 Å². The number of carbonyl (C=O) groups is 2. The summed E-state index contributed by atoms with van der Waals surface area (Å²) in [5, 5.41) is 8.12. The smallest absolute Gasteiger partial charge is 0.303 e. The van der Waals surface area contributed by atoms with Crippen molar-refractivity contribution < 1.29 is 14.7 Å². The van der Waals surface area contributed by atoms with E-state index in [2.05, 4.69) is 51.1 Å². The fourth-order valence-corrected chi connectivity index (χ4v) is 1.44. The van der Waals surface area contributed by atoms with Gasteiger partial charge in [0.1, 0.15) is 6.29 Å². The topological polar surface area (TPSA) is 54.4 Å². The van der Waals surface area contributed by atoms with Gasteiger partial charge in [0.05, 0.1) is 0 Å². The molecule has 0 heterocycles. The molecule has 0 aliphatic rings. The van der Waals surface area contributed by atoms with Crippen LogP contribution in [-0.4, -0.2) is 17.4 Å². The van der Waals surface area contributed by atoms with Gasteiger partial charge in [0, 0.05) is 12.8 Å². The van der Waals surface area contributed by atoms with Gasteiger partial charge in [-0.25, -0.2) is 0 Å². The Morgan fingerprint density at radius 1 is 1.16 bits per heavy atom. The van der Waals surface area contributed by atoms with Crippen LogP contribution in [0.5, 0.6) is 0 Å². The summed E-state index contributed by atoms with van der Waals surface area (Å²) in [6.07, 6.45) is 2.76. The van der Waals surface area contributed by atoms with Crippen LogP contribution in [0.25, 0.3) is 0 Å². The van der Waals surface area contributed by atoms with E-state index in [1.807, 2.05) is 0 Å². The number of carboxylic acid groups (broad SMARTS) is 1. The molecule has 0 aliphatic heterocycles. The first-order valence-electron chi connectivity index (χ1n) is 6.59. The van der Waals surface area contributed by atoms with Gasteiger partial charge in [-0.1, -0.05) is 51.1 Å². The van der Waals surface area contributed by atoms with Crippen molar-refractivity contribution in [2.24, 2.45) is 0 Å². The predicted molar refractivity (Wildman–Crippen MR) is 77.3 cm³/mol. The average molecular weight is 264 g/mol. The number of rotatable bonds is 5. The molecule has 1 aromatic carbocycles. The zero-order valence-corrected chi connectivity index (χ0v) is 12.1. The summed E-state index contributed by atoms with van der Waals surface area (Å²) < 4.78 is 0. The Balaban J connectivity index is 0.000000344. The molecule has 0 aromatic heterocycles. The first kappa shape index (κ1) is 17.4. The van der Waals surface area contributed by atoms with E-state index >= 15 is 0 Å². The Bertz CT molecular complexity index is 363. The standard InChI is InChI=1S/C10H14.C6H10O3/c1-10(2,3)9-7-5-4-6-8-9;7-5-3-1-2-4-6(8)9/h4-8H,1-3H3;5H,1-4H2,(H,8,9). The molecular formula is C16H24O3. The van der Waals surface area contributed by atoms with E-state index in [1.54, 1.807) is 0 Å². The molecule has 0 saturated carbocycles. The fraction of sp³-hybridized carbons (Fsp3) is 0.500. The van der Waals surface area contributed by atoms with Crippen LogP contribution in [0, 0.1) is 0 Å². The lowest BCUT2D eigenvalue weighted by Crippen LogP contribution is -2.10. The van der Waals surface area contributed by atoms with Crippen LogP contribution < -0.4 is 0 Å². The number of carbonyl (C=O) groups excluding carboxylic acids is 1. The highest BCUT2D eigenvalue weighted by atomic mass is 16.4. The van der Waals surface area contributed by atoms with Crippen molar-refractivity contribution in [2.45, 2.75) is 51.9 Å². The van der Waals surface area contributed by atoms with E-state index in [9.17, 15) is 9.59 Å². The molecule has 106 valence electrons. The Hall–Kier alpha value is -1.64. The molecule has 0 amide bonds. The Morgan fingerprint density at radius 3 is 2.11 bits per heavy atom. The Morgan fingerprint density at radius 2 is 1.74 bits per heavy atom. The second-order valence-electron chi connectivity index (χ2n) is 5.42. The van der Waals surface area contributed by atoms with Crippen molar-refractivity contribution in [3.05, 3.63) is 35.9 Å². The summed E-state index contributed by atoms with van der Waals surface area (Å²) in [5.41, 5.74) is 1.69. The maximum atomic E-state index is 9.87. The molecule has 3 nitrogen and oxygen atoms in total. The number of unbranched alkanes of at least 4 members (excludes halogenated alkanes) is 2. The summed E-state index contributed by atoms with van der Waals surface area (Å²) in [5.74, 6) is -0.791. The summed E-state index contributed by atoms with van der Waals surface area (Å²) in [6, 6.07) is 10.6. The van der Waals surface area contributed by atoms with Gasteiger partial charge in [-0.2, -0.15) is 0 Å². The maximum absolute atomic E-state index is 9.87. The zero-order valence-electron chi connectivity index (χ0n) is 12.1. The number of benzene rings is 1. The third-order valence-electron chi connectivity index (χ3n) is 2.60. The maximum Gasteiger partial charge on any atom is 0.303 e. The predicted octanol–water partition coefficient (Wildman–Crippen LogP) is 3.81. The third-order valence-corrected chi connectivity index (χ3v) is 2.60. The van der Waals surface area contributed by atoms with Crippen molar-refractivity contribution >= 4 is 12.3 Å². The number of aldehydes is 1. The highest BCUT2D eigenvalue weighted by molar-refractivity contribution is 5.66. The molecule has 0 saturated heterocycles. The van der Waals surface area contributed by atoms with E-state index in [0.717, 1.165) is 6.29 Å². The summed E-state index contributed by atoms with van der Waals surface area (Å²) >= 11 is 0. The number of hydrogen-bond donors (Lipinski definition) is 1. The van der Waals surface area contributed by atoms with Crippen molar-refractivity contribution in [1.82, 2.24) is 0 Å². The van der Waals surface area contributed by atoms with Gasteiger partial charge in [0.15, 0.2) is 0 Å². The molecule has 0 atom stereocenters. The molecule has 1 aromatic rings. The van der Waals surface area contributed by atoms with Crippen molar-refractivity contribution in [3.63, 3.8) is 0 Å². The normalized spacial score (nSPS) is 10.3. The van der Waals surface area contributed by atoms with Crippen LogP contribution in [0.2, 0.25) is 0 Å². The molecule has 0 radical (unpaired) electrons. The zero-order chi connectivity index (χ0) is 14.7. The fourth-order valence-electron chi connectivity index (χ4n) is 1.44. The molecule has 0 bridgehead atoms. The van der Waals surface area contributed by atoms with Gasteiger partial charge < -0.3 is 9.90 Å². The van der Waals surface area contributed by atoms with Crippen molar-refractivity contribution in [3.8, 4) is 0 Å². The van der Waals surface area contributed by atoms with Crippen LogP contribution in [0.4, 0.5) is 0 Å². The van der Waals surface area contributed by atoms with Crippen LogP contribution >= 0.6 is 0 Å². The highest BCUT2D eigenvalue weighted by Gasteiger charge is 2.11. The molecule has 1 rings (SSSR count). The number of hydrogen-bond acceptors (Lipinski definition) is 2. The largest absolute Gasteiger partial charge is 0.481 e. The average Bonchev–Trinajstić information content (AvgIpc) is 2.35. The lowest BCUT2D eigenvalue weighted by atomic mass is 9.87. The lowest BCUT2D eigenvalue weighted by Gasteiger charge is -2.18. The molecule has 0 fully saturated rings. The number of carboxylic acids is 1. The minimum absolute atomic E-state index is 0.174. The van der Waals surface area contributed by atoms with Crippen LogP contribution in [0.3, 0.4) is 0 Å². The minimum atomic E-state index is -0.791. The van der Waals surface area contributed by atoms with Gasteiger partial charge in [-0.3, -0.25) is 4.79 Å². The van der Waals surface area contributed by atoms with Gasteiger partial charge in [0.25, 0.3) is 0 Å². The molecule has 1 N–H and O–H groups in total. The van der Waals surface area contributed by atoms with Gasteiger partial charge in [0.2, 0.25) is 0 Å². The quantitative estimate of drug-likeness (QED) is 0.650. The molecule has 3 heteroatoms. The van der Waals surface area contributed by atoms with E-state index in [0.29, 0.717) is 24.7 Å². The minimum Gasteiger partial charge on any atom is -0.481 e. The van der Waals surface area contributed by atoms with Crippen molar-refractivity contribution in [2.75, 3.05) is 0 Å². The molecule has 0 unspecified atom stereocenters. The summed E-state index contributed by atoms with van der Waals surface area (Å²) in [6.45, 7) is 6.67. The molecule has 0 spiro atoms. The lowest BCUT2D eigenvalue weighted by molar-refractivity contribution is -0.137. The first-order chi connectivity index (χ1) is 8.88.